The zero-order chi connectivity index (χ0) is 15.0. The first kappa shape index (κ1) is 17.2. The van der Waals surface area contributed by atoms with E-state index in [-0.39, 0.29) is 19.3 Å². The number of likely N-dealkylation sites (tertiary alicyclic amines) is 1. The van der Waals surface area contributed by atoms with Gasteiger partial charge in [0.2, 0.25) is 0 Å². The molecule has 1 fully saturated rings. The summed E-state index contributed by atoms with van der Waals surface area (Å²) >= 11 is 0. The Balaban J connectivity index is 2.01. The number of ether oxygens (including phenoxy) is 2. The van der Waals surface area contributed by atoms with Gasteiger partial charge < -0.3 is 19.5 Å². The van der Waals surface area contributed by atoms with E-state index in [0.29, 0.717) is 13.0 Å². The summed E-state index contributed by atoms with van der Waals surface area (Å²) in [5.74, 6) is -0.978. The van der Waals surface area contributed by atoms with E-state index in [1.54, 1.807) is 0 Å². The number of carboxylic acid groups (broad SMARTS) is 1. The lowest BCUT2D eigenvalue weighted by molar-refractivity contribution is -0.174. The van der Waals surface area contributed by atoms with Crippen molar-refractivity contribution in [2.45, 2.75) is 31.5 Å². The Labute approximate surface area is 115 Å². The first-order valence-electron chi connectivity index (χ1n) is 6.57. The quantitative estimate of drug-likeness (QED) is 0.689. The van der Waals surface area contributed by atoms with Crippen molar-refractivity contribution in [2.75, 3.05) is 39.5 Å². The molecule has 118 valence electrons. The number of aliphatic carboxylic acids is 1. The molecular weight excluding hydrogens is 279 g/mol. The van der Waals surface area contributed by atoms with Crippen LogP contribution in [0.2, 0.25) is 0 Å². The molecule has 8 heteroatoms. The summed E-state index contributed by atoms with van der Waals surface area (Å²) < 4.78 is 45.2. The van der Waals surface area contributed by atoms with Gasteiger partial charge in [0.15, 0.2) is 0 Å². The molecule has 1 aliphatic rings. The molecule has 0 radical (unpaired) electrons. The summed E-state index contributed by atoms with van der Waals surface area (Å²) in [6.45, 7) is 0.833. The van der Waals surface area contributed by atoms with Crippen LogP contribution in [0, 0.1) is 0 Å². The minimum atomic E-state index is -4.26. The van der Waals surface area contributed by atoms with Crippen molar-refractivity contribution in [3.05, 3.63) is 0 Å². The van der Waals surface area contributed by atoms with E-state index in [1.807, 2.05) is 0 Å². The standard InChI is InChI=1S/C12H20F3NO4/c13-12(14,15)9-19-7-1-4-16-5-2-10(3-6-16)20-8-11(17)18/h10H,1-9H2,(H,17,18). The molecule has 0 aromatic rings. The van der Waals surface area contributed by atoms with Crippen LogP contribution in [0.3, 0.4) is 0 Å². The number of piperidine rings is 1. The maximum atomic E-state index is 11.8. The second kappa shape index (κ2) is 8.43. The SMILES string of the molecule is O=C(O)COC1CCN(CCCOCC(F)(F)F)CC1. The predicted octanol–water partition coefficient (Wildman–Crippen LogP) is 1.52. The van der Waals surface area contributed by atoms with Crippen molar-refractivity contribution < 1.29 is 32.5 Å². The zero-order valence-electron chi connectivity index (χ0n) is 11.2. The van der Waals surface area contributed by atoms with Gasteiger partial charge in [-0.25, -0.2) is 4.79 Å². The largest absolute Gasteiger partial charge is 0.480 e. The fourth-order valence-corrected chi connectivity index (χ4v) is 2.07. The maximum Gasteiger partial charge on any atom is 0.411 e. The zero-order valence-corrected chi connectivity index (χ0v) is 11.2. The van der Waals surface area contributed by atoms with Gasteiger partial charge in [-0.2, -0.15) is 13.2 Å². The number of nitrogens with zero attached hydrogens (tertiary/aromatic N) is 1. The number of hydrogen-bond donors (Lipinski definition) is 1. The van der Waals surface area contributed by atoms with Crippen molar-refractivity contribution in [3.8, 4) is 0 Å². The smallest absolute Gasteiger partial charge is 0.411 e. The number of hydrogen-bond acceptors (Lipinski definition) is 4. The van der Waals surface area contributed by atoms with Crippen LogP contribution in [-0.4, -0.2) is 67.7 Å². The molecule has 0 saturated carbocycles. The minimum absolute atomic E-state index is 0.0381. The summed E-state index contributed by atoms with van der Waals surface area (Å²) in [5, 5.41) is 8.49. The molecular formula is C12H20F3NO4. The van der Waals surface area contributed by atoms with E-state index < -0.39 is 18.8 Å². The van der Waals surface area contributed by atoms with Crippen LogP contribution in [0.5, 0.6) is 0 Å². The van der Waals surface area contributed by atoms with Crippen molar-refractivity contribution in [1.29, 1.82) is 0 Å². The molecule has 0 aliphatic carbocycles. The minimum Gasteiger partial charge on any atom is -0.480 e. The average Bonchev–Trinajstić information content (AvgIpc) is 2.36. The Bertz CT molecular complexity index is 291. The van der Waals surface area contributed by atoms with Gasteiger partial charge in [0.1, 0.15) is 13.2 Å². The van der Waals surface area contributed by atoms with Gasteiger partial charge in [0, 0.05) is 26.2 Å². The molecule has 0 amide bonds. The lowest BCUT2D eigenvalue weighted by Crippen LogP contribution is -2.38. The fourth-order valence-electron chi connectivity index (χ4n) is 2.07. The Kier molecular flexibility index (Phi) is 7.25. The van der Waals surface area contributed by atoms with E-state index >= 15 is 0 Å². The summed E-state index contributed by atoms with van der Waals surface area (Å²) in [4.78, 5) is 12.5. The van der Waals surface area contributed by atoms with Crippen LogP contribution in [0.1, 0.15) is 19.3 Å². The molecule has 0 bridgehead atoms. The van der Waals surface area contributed by atoms with E-state index in [4.69, 9.17) is 9.84 Å². The predicted molar refractivity (Wildman–Crippen MR) is 64.5 cm³/mol. The number of carboxylic acids is 1. The molecule has 1 rings (SSSR count). The Morgan fingerprint density at radius 1 is 1.30 bits per heavy atom. The molecule has 0 atom stereocenters. The van der Waals surface area contributed by atoms with E-state index in [2.05, 4.69) is 9.64 Å². The van der Waals surface area contributed by atoms with Crippen molar-refractivity contribution in [2.24, 2.45) is 0 Å². The molecule has 0 aromatic heterocycles. The van der Waals surface area contributed by atoms with Crippen LogP contribution >= 0.6 is 0 Å². The van der Waals surface area contributed by atoms with Gasteiger partial charge in [-0.3, -0.25) is 0 Å². The third-order valence-electron chi connectivity index (χ3n) is 3.01. The number of alkyl halides is 3. The average molecular weight is 299 g/mol. The summed E-state index contributed by atoms with van der Waals surface area (Å²) in [7, 11) is 0. The second-order valence-electron chi connectivity index (χ2n) is 4.77. The van der Waals surface area contributed by atoms with Gasteiger partial charge in [0.05, 0.1) is 6.10 Å². The summed E-state index contributed by atoms with van der Waals surface area (Å²) in [6, 6.07) is 0. The van der Waals surface area contributed by atoms with Crippen LogP contribution in [-0.2, 0) is 14.3 Å². The van der Waals surface area contributed by atoms with Crippen molar-refractivity contribution >= 4 is 5.97 Å². The molecule has 20 heavy (non-hydrogen) atoms. The third kappa shape index (κ3) is 8.34. The van der Waals surface area contributed by atoms with Crippen LogP contribution in [0.4, 0.5) is 13.2 Å². The Morgan fingerprint density at radius 2 is 1.95 bits per heavy atom. The summed E-state index contributed by atoms with van der Waals surface area (Å²) in [6.07, 6.45) is -2.26. The van der Waals surface area contributed by atoms with Crippen LogP contribution < -0.4 is 0 Å². The molecule has 0 spiro atoms. The lowest BCUT2D eigenvalue weighted by Gasteiger charge is -2.31. The highest BCUT2D eigenvalue weighted by Crippen LogP contribution is 2.15. The van der Waals surface area contributed by atoms with Crippen LogP contribution in [0.25, 0.3) is 0 Å². The van der Waals surface area contributed by atoms with Crippen LogP contribution in [0.15, 0.2) is 0 Å². The van der Waals surface area contributed by atoms with Gasteiger partial charge in [-0.05, 0) is 19.3 Å². The second-order valence-corrected chi connectivity index (χ2v) is 4.77. The van der Waals surface area contributed by atoms with Crippen molar-refractivity contribution in [3.63, 3.8) is 0 Å². The van der Waals surface area contributed by atoms with Gasteiger partial charge in [-0.15, -0.1) is 0 Å². The summed E-state index contributed by atoms with van der Waals surface area (Å²) in [5.41, 5.74) is 0. The van der Waals surface area contributed by atoms with Gasteiger partial charge in [0.25, 0.3) is 0 Å². The molecule has 1 N–H and O–H groups in total. The number of carbonyl (C=O) groups is 1. The van der Waals surface area contributed by atoms with E-state index in [9.17, 15) is 18.0 Å². The fraction of sp³-hybridized carbons (Fsp3) is 0.917. The highest BCUT2D eigenvalue weighted by Gasteiger charge is 2.27. The van der Waals surface area contributed by atoms with Gasteiger partial charge in [-0.1, -0.05) is 0 Å². The van der Waals surface area contributed by atoms with Crippen molar-refractivity contribution in [1.82, 2.24) is 4.90 Å². The normalized spacial score (nSPS) is 18.4. The highest BCUT2D eigenvalue weighted by atomic mass is 19.4. The maximum absolute atomic E-state index is 11.8. The Morgan fingerprint density at radius 3 is 2.50 bits per heavy atom. The molecule has 1 heterocycles. The van der Waals surface area contributed by atoms with Gasteiger partial charge >= 0.3 is 12.1 Å². The first-order valence-corrected chi connectivity index (χ1v) is 6.57. The topological polar surface area (TPSA) is 59.0 Å². The Hall–Kier alpha value is -0.860. The van der Waals surface area contributed by atoms with E-state index in [0.717, 1.165) is 25.9 Å². The molecule has 0 aromatic carbocycles. The molecule has 5 nitrogen and oxygen atoms in total. The lowest BCUT2D eigenvalue weighted by atomic mass is 10.1. The third-order valence-corrected chi connectivity index (χ3v) is 3.01. The number of rotatable bonds is 8. The number of halogens is 3. The molecule has 1 aliphatic heterocycles. The highest BCUT2D eigenvalue weighted by molar-refractivity contribution is 5.68. The molecule has 0 unspecified atom stereocenters. The monoisotopic (exact) mass is 299 g/mol. The molecule has 1 saturated heterocycles. The first-order chi connectivity index (χ1) is 9.37. The van der Waals surface area contributed by atoms with E-state index in [1.165, 1.54) is 0 Å².